The summed E-state index contributed by atoms with van der Waals surface area (Å²) < 4.78 is 9.76. The molecular weight excluding hydrogens is 172 g/mol. The van der Waals surface area contributed by atoms with Crippen LogP contribution in [0.3, 0.4) is 0 Å². The van der Waals surface area contributed by atoms with Gasteiger partial charge in [0.25, 0.3) is 0 Å². The Labute approximate surface area is 76.5 Å². The second-order valence-corrected chi connectivity index (χ2v) is 2.77. The van der Waals surface area contributed by atoms with Gasteiger partial charge in [-0.05, 0) is 0 Å². The first kappa shape index (κ1) is 9.77. The van der Waals surface area contributed by atoms with Gasteiger partial charge in [-0.15, -0.1) is 0 Å². The van der Waals surface area contributed by atoms with E-state index in [1.165, 1.54) is 13.2 Å². The van der Waals surface area contributed by atoms with Gasteiger partial charge in [0.2, 0.25) is 0 Å². The molecule has 0 N–H and O–H groups in total. The van der Waals surface area contributed by atoms with Crippen molar-refractivity contribution in [3.05, 3.63) is 11.8 Å². The molecule has 0 aliphatic carbocycles. The predicted octanol–water partition coefficient (Wildman–Crippen LogP) is 0.811. The van der Waals surface area contributed by atoms with Crippen LogP contribution in [0.5, 0.6) is 0 Å². The second-order valence-electron chi connectivity index (χ2n) is 2.77. The van der Waals surface area contributed by atoms with Crippen molar-refractivity contribution in [1.29, 1.82) is 0 Å². The molecule has 0 amide bonds. The molecule has 1 aliphatic rings. The van der Waals surface area contributed by atoms with Crippen molar-refractivity contribution >= 4 is 11.8 Å². The zero-order chi connectivity index (χ0) is 9.84. The van der Waals surface area contributed by atoms with Gasteiger partial charge in [0.15, 0.2) is 6.10 Å². The fourth-order valence-corrected chi connectivity index (χ4v) is 1.13. The number of carbonyl (C=O) groups is 2. The third-order valence-corrected chi connectivity index (χ3v) is 1.88. The van der Waals surface area contributed by atoms with Crippen LogP contribution in [0.2, 0.25) is 0 Å². The molecule has 1 aliphatic heterocycles. The van der Waals surface area contributed by atoms with E-state index in [4.69, 9.17) is 9.47 Å². The molecule has 0 spiro atoms. The summed E-state index contributed by atoms with van der Waals surface area (Å²) in [4.78, 5) is 21.9. The fraction of sp³-hybridized carbons (Fsp3) is 0.556. The van der Waals surface area contributed by atoms with Crippen LogP contribution in [0.25, 0.3) is 0 Å². The van der Waals surface area contributed by atoms with E-state index in [-0.39, 0.29) is 12.2 Å². The van der Waals surface area contributed by atoms with Crippen molar-refractivity contribution in [1.82, 2.24) is 0 Å². The van der Waals surface area contributed by atoms with E-state index >= 15 is 0 Å². The van der Waals surface area contributed by atoms with Gasteiger partial charge in [0.1, 0.15) is 11.5 Å². The number of methoxy groups -OCH3 is 1. The summed E-state index contributed by atoms with van der Waals surface area (Å²) in [6.07, 6.45) is 1.42. The van der Waals surface area contributed by atoms with Crippen molar-refractivity contribution < 1.29 is 19.1 Å². The molecule has 1 atom stereocenters. The smallest absolute Gasteiger partial charge is 0.335 e. The molecule has 1 heterocycles. The normalized spacial score (nSPS) is 20.9. The summed E-state index contributed by atoms with van der Waals surface area (Å²) in [5, 5.41) is 0. The number of esters is 1. The van der Waals surface area contributed by atoms with E-state index in [0.717, 1.165) is 0 Å². The Balaban J connectivity index is 2.57. The number of cyclic esters (lactones) is 1. The number of Topliss-reactive ketones (excluding diaryl/α,β-unsaturated/α-hetero) is 1. The number of carbonyl (C=O) groups excluding carboxylic acids is 2. The molecule has 72 valence electrons. The molecule has 0 aromatic heterocycles. The Hall–Kier alpha value is -1.32. The average Bonchev–Trinajstić information content (AvgIpc) is 2.46. The number of hydrogen-bond acceptors (Lipinski definition) is 4. The van der Waals surface area contributed by atoms with Crippen molar-refractivity contribution in [2.24, 2.45) is 0 Å². The van der Waals surface area contributed by atoms with Crippen LogP contribution < -0.4 is 0 Å². The van der Waals surface area contributed by atoms with Gasteiger partial charge in [0.05, 0.1) is 19.6 Å². The zero-order valence-corrected chi connectivity index (χ0v) is 7.70. The highest BCUT2D eigenvalue weighted by molar-refractivity contribution is 5.87. The molecule has 0 bridgehead atoms. The third kappa shape index (κ3) is 2.31. The Bertz CT molecular complexity index is 254. The highest BCUT2D eigenvalue weighted by Gasteiger charge is 2.28. The summed E-state index contributed by atoms with van der Waals surface area (Å²) in [5.74, 6) is 0.0557. The molecule has 13 heavy (non-hydrogen) atoms. The molecule has 1 rings (SSSR count). The Morgan fingerprint density at radius 3 is 2.92 bits per heavy atom. The lowest BCUT2D eigenvalue weighted by Gasteiger charge is -2.11. The Morgan fingerprint density at radius 1 is 1.69 bits per heavy atom. The Morgan fingerprint density at radius 2 is 2.38 bits per heavy atom. The summed E-state index contributed by atoms with van der Waals surface area (Å²) in [7, 11) is 1.46. The minimum atomic E-state index is -0.509. The van der Waals surface area contributed by atoms with Crippen LogP contribution in [0, 0.1) is 0 Å². The van der Waals surface area contributed by atoms with Crippen LogP contribution in [0.1, 0.15) is 19.8 Å². The summed E-state index contributed by atoms with van der Waals surface area (Å²) in [5.41, 5.74) is 0. The number of ether oxygens (including phenoxy) is 2. The monoisotopic (exact) mass is 184 g/mol. The van der Waals surface area contributed by atoms with Crippen molar-refractivity contribution in [2.75, 3.05) is 7.11 Å². The van der Waals surface area contributed by atoms with E-state index in [0.29, 0.717) is 12.2 Å². The lowest BCUT2D eigenvalue weighted by Crippen LogP contribution is -2.17. The Kier molecular flexibility index (Phi) is 3.06. The minimum absolute atomic E-state index is 0.0580. The van der Waals surface area contributed by atoms with Gasteiger partial charge in [-0.1, -0.05) is 6.92 Å². The van der Waals surface area contributed by atoms with Crippen molar-refractivity contribution in [3.63, 3.8) is 0 Å². The van der Waals surface area contributed by atoms with Gasteiger partial charge in [0, 0.05) is 6.42 Å². The number of rotatable bonds is 4. The van der Waals surface area contributed by atoms with Gasteiger partial charge < -0.3 is 9.47 Å². The molecule has 0 aromatic rings. The van der Waals surface area contributed by atoms with Crippen molar-refractivity contribution in [3.8, 4) is 0 Å². The number of ketones is 1. The van der Waals surface area contributed by atoms with Crippen LogP contribution in [0.4, 0.5) is 0 Å². The first-order valence-corrected chi connectivity index (χ1v) is 4.15. The maximum Gasteiger partial charge on any atom is 0.335 e. The molecular formula is C9H12O4. The van der Waals surface area contributed by atoms with E-state index in [1.807, 2.05) is 0 Å². The van der Waals surface area contributed by atoms with E-state index < -0.39 is 12.1 Å². The van der Waals surface area contributed by atoms with E-state index in [1.54, 1.807) is 6.92 Å². The van der Waals surface area contributed by atoms with Crippen LogP contribution in [-0.2, 0) is 19.1 Å². The summed E-state index contributed by atoms with van der Waals surface area (Å²) in [6, 6.07) is 0. The molecule has 1 unspecified atom stereocenters. The molecule has 0 saturated heterocycles. The van der Waals surface area contributed by atoms with E-state index in [9.17, 15) is 9.59 Å². The molecule has 4 nitrogen and oxygen atoms in total. The molecule has 0 radical (unpaired) electrons. The highest BCUT2D eigenvalue weighted by atomic mass is 16.6. The minimum Gasteiger partial charge on any atom is -0.497 e. The first-order chi connectivity index (χ1) is 6.17. The first-order valence-electron chi connectivity index (χ1n) is 4.15. The largest absolute Gasteiger partial charge is 0.497 e. The molecule has 0 fully saturated rings. The van der Waals surface area contributed by atoms with Gasteiger partial charge in [-0.2, -0.15) is 0 Å². The van der Waals surface area contributed by atoms with Gasteiger partial charge >= 0.3 is 5.97 Å². The third-order valence-electron chi connectivity index (χ3n) is 1.88. The van der Waals surface area contributed by atoms with Crippen LogP contribution in [0.15, 0.2) is 11.8 Å². The SMILES string of the molecule is CCC(=O)CC1OC(=O)C=C1OC. The summed E-state index contributed by atoms with van der Waals surface area (Å²) >= 11 is 0. The van der Waals surface area contributed by atoms with Gasteiger partial charge in [-0.3, -0.25) is 4.79 Å². The quantitative estimate of drug-likeness (QED) is 0.607. The molecule has 0 saturated carbocycles. The summed E-state index contributed by atoms with van der Waals surface area (Å²) in [6.45, 7) is 1.77. The lowest BCUT2D eigenvalue weighted by molar-refractivity contribution is -0.140. The van der Waals surface area contributed by atoms with Gasteiger partial charge in [-0.25, -0.2) is 4.79 Å². The number of hydrogen-bond donors (Lipinski definition) is 0. The maximum atomic E-state index is 11.1. The standard InChI is InChI=1S/C9H12O4/c1-3-6(10)4-8-7(12-2)5-9(11)13-8/h5,8H,3-4H2,1-2H3. The highest BCUT2D eigenvalue weighted by Crippen LogP contribution is 2.19. The topological polar surface area (TPSA) is 52.6 Å². The van der Waals surface area contributed by atoms with Crippen LogP contribution >= 0.6 is 0 Å². The maximum absolute atomic E-state index is 11.1. The van der Waals surface area contributed by atoms with E-state index in [2.05, 4.69) is 0 Å². The van der Waals surface area contributed by atoms with Crippen LogP contribution in [-0.4, -0.2) is 25.0 Å². The lowest BCUT2D eigenvalue weighted by atomic mass is 10.1. The fourth-order valence-electron chi connectivity index (χ4n) is 1.13. The molecule has 4 heteroatoms. The predicted molar refractivity (Wildman–Crippen MR) is 44.9 cm³/mol. The average molecular weight is 184 g/mol. The van der Waals surface area contributed by atoms with Crippen molar-refractivity contribution in [2.45, 2.75) is 25.9 Å². The zero-order valence-electron chi connectivity index (χ0n) is 7.70. The second kappa shape index (κ2) is 4.07. The molecule has 0 aromatic carbocycles.